The van der Waals surface area contributed by atoms with Crippen LogP contribution in [0.25, 0.3) is 5.65 Å². The van der Waals surface area contributed by atoms with Gasteiger partial charge in [0, 0.05) is 6.20 Å². The summed E-state index contributed by atoms with van der Waals surface area (Å²) in [5.41, 5.74) is 6.37. The van der Waals surface area contributed by atoms with Crippen LogP contribution in [-0.2, 0) is 0 Å². The fourth-order valence-electron chi connectivity index (χ4n) is 1.39. The van der Waals surface area contributed by atoms with Crippen molar-refractivity contribution in [3.05, 3.63) is 36.8 Å². The molecule has 0 saturated carbocycles. The van der Waals surface area contributed by atoms with E-state index in [-0.39, 0.29) is 0 Å². The molecule has 3 rings (SSSR count). The monoisotopic (exact) mass is 244 g/mol. The minimum Gasteiger partial charge on any atom is -0.382 e. The van der Waals surface area contributed by atoms with E-state index < -0.39 is 0 Å². The topological polar surface area (TPSA) is 82.0 Å². The van der Waals surface area contributed by atoms with E-state index in [9.17, 15) is 0 Å². The third-order valence-corrected chi connectivity index (χ3v) is 2.98. The Morgan fingerprint density at radius 2 is 2.12 bits per heavy atom. The Balaban J connectivity index is 2.00. The van der Waals surface area contributed by atoms with Crippen LogP contribution < -0.4 is 5.73 Å². The lowest BCUT2D eigenvalue weighted by molar-refractivity contribution is 0.915. The van der Waals surface area contributed by atoms with E-state index in [1.54, 1.807) is 6.20 Å². The molecule has 0 bridgehead atoms. The Hall–Kier alpha value is -2.15. The number of hydrogen-bond donors (Lipinski definition) is 1. The van der Waals surface area contributed by atoms with E-state index >= 15 is 0 Å². The molecule has 0 saturated heterocycles. The fourth-order valence-corrected chi connectivity index (χ4v) is 2.18. The van der Waals surface area contributed by atoms with Gasteiger partial charge in [-0.25, -0.2) is 4.98 Å². The maximum Gasteiger partial charge on any atom is 0.201 e. The van der Waals surface area contributed by atoms with E-state index in [2.05, 4.69) is 20.2 Å². The van der Waals surface area contributed by atoms with Crippen LogP contribution in [0.4, 0.5) is 5.82 Å². The third kappa shape index (κ3) is 1.92. The number of aromatic nitrogens is 5. The molecule has 0 aromatic carbocycles. The highest BCUT2D eigenvalue weighted by Gasteiger charge is 2.07. The average molecular weight is 244 g/mol. The van der Waals surface area contributed by atoms with Crippen molar-refractivity contribution in [2.24, 2.45) is 0 Å². The second-order valence-electron chi connectivity index (χ2n) is 3.30. The highest BCUT2D eigenvalue weighted by atomic mass is 32.2. The summed E-state index contributed by atoms with van der Waals surface area (Å²) in [4.78, 5) is 8.13. The van der Waals surface area contributed by atoms with Crippen LogP contribution in [0.1, 0.15) is 0 Å². The molecule has 0 spiro atoms. The van der Waals surface area contributed by atoms with Crippen molar-refractivity contribution in [3.63, 3.8) is 0 Å². The molecule has 17 heavy (non-hydrogen) atoms. The molecule has 2 N–H and O–H groups in total. The first-order chi connectivity index (χ1) is 8.33. The third-order valence-electron chi connectivity index (χ3n) is 2.11. The highest BCUT2D eigenvalue weighted by molar-refractivity contribution is 7.99. The highest BCUT2D eigenvalue weighted by Crippen LogP contribution is 2.24. The van der Waals surface area contributed by atoms with E-state index in [0.29, 0.717) is 10.8 Å². The Morgan fingerprint density at radius 1 is 1.18 bits per heavy atom. The average Bonchev–Trinajstić information content (AvgIpc) is 2.73. The summed E-state index contributed by atoms with van der Waals surface area (Å²) < 4.78 is 1.88. The fraction of sp³-hybridized carbons (Fsp3) is 0. The van der Waals surface area contributed by atoms with Gasteiger partial charge in [0.15, 0.2) is 5.65 Å². The molecule has 3 aromatic heterocycles. The Bertz CT molecular complexity index is 664. The van der Waals surface area contributed by atoms with Crippen molar-refractivity contribution in [3.8, 4) is 0 Å². The van der Waals surface area contributed by atoms with Gasteiger partial charge in [-0.15, -0.1) is 10.2 Å². The Morgan fingerprint density at radius 3 is 3.00 bits per heavy atom. The maximum absolute atomic E-state index is 5.57. The van der Waals surface area contributed by atoms with Gasteiger partial charge < -0.3 is 5.73 Å². The quantitative estimate of drug-likeness (QED) is 0.730. The number of nitrogens with zero attached hydrogens (tertiary/aromatic N) is 5. The zero-order valence-corrected chi connectivity index (χ0v) is 9.50. The molecule has 84 valence electrons. The second kappa shape index (κ2) is 4.02. The van der Waals surface area contributed by atoms with Gasteiger partial charge in [0.25, 0.3) is 0 Å². The molecule has 0 amide bonds. The van der Waals surface area contributed by atoms with Crippen LogP contribution in [0.5, 0.6) is 0 Å². The number of nitrogens with two attached hydrogens (primary N) is 1. The molecule has 0 aliphatic heterocycles. The first kappa shape index (κ1) is 10.0. The zero-order chi connectivity index (χ0) is 11.7. The molecule has 0 radical (unpaired) electrons. The van der Waals surface area contributed by atoms with Gasteiger partial charge in [0.2, 0.25) is 5.16 Å². The summed E-state index contributed by atoms with van der Waals surface area (Å²) >= 11 is 1.37. The van der Waals surface area contributed by atoms with Crippen LogP contribution in [0.2, 0.25) is 0 Å². The van der Waals surface area contributed by atoms with Crippen molar-refractivity contribution < 1.29 is 0 Å². The summed E-state index contributed by atoms with van der Waals surface area (Å²) in [6.07, 6.45) is 5.05. The van der Waals surface area contributed by atoms with E-state index in [1.165, 1.54) is 18.0 Å². The van der Waals surface area contributed by atoms with E-state index in [1.807, 2.05) is 28.8 Å². The van der Waals surface area contributed by atoms with Crippen LogP contribution >= 0.6 is 11.8 Å². The molecule has 6 nitrogen and oxygen atoms in total. The SMILES string of the molecule is Nc1cncc(Sc2nnc3ccccn23)n1. The number of fused-ring (bicyclic) bond motifs is 1. The molecule has 0 aliphatic rings. The zero-order valence-electron chi connectivity index (χ0n) is 8.69. The van der Waals surface area contributed by atoms with Gasteiger partial charge in [-0.05, 0) is 23.9 Å². The van der Waals surface area contributed by atoms with E-state index in [0.717, 1.165) is 10.8 Å². The summed E-state index contributed by atoms with van der Waals surface area (Å²) in [7, 11) is 0. The number of anilines is 1. The summed E-state index contributed by atoms with van der Waals surface area (Å²) in [5.74, 6) is 0.392. The largest absolute Gasteiger partial charge is 0.382 e. The smallest absolute Gasteiger partial charge is 0.201 e. The Labute approximate surface area is 101 Å². The van der Waals surface area contributed by atoms with Crippen LogP contribution in [0, 0.1) is 0 Å². The van der Waals surface area contributed by atoms with Gasteiger partial charge in [-0.2, -0.15) is 0 Å². The van der Waals surface area contributed by atoms with Gasteiger partial charge in [0.1, 0.15) is 10.8 Å². The lowest BCUT2D eigenvalue weighted by atomic mass is 10.5. The molecular weight excluding hydrogens is 236 g/mol. The molecule has 3 heterocycles. The summed E-state index contributed by atoms with van der Waals surface area (Å²) in [6, 6.07) is 5.73. The molecule has 0 atom stereocenters. The maximum atomic E-state index is 5.57. The number of pyridine rings is 1. The van der Waals surface area contributed by atoms with Crippen LogP contribution in [0.3, 0.4) is 0 Å². The number of rotatable bonds is 2. The van der Waals surface area contributed by atoms with Crippen molar-refractivity contribution in [1.29, 1.82) is 0 Å². The standard InChI is InChI=1S/C10H8N6S/c11-7-5-12-6-9(13-7)17-10-15-14-8-3-1-2-4-16(8)10/h1-6H,(H2,11,13). The molecule has 0 unspecified atom stereocenters. The van der Waals surface area contributed by atoms with Crippen LogP contribution in [0.15, 0.2) is 47.0 Å². The van der Waals surface area contributed by atoms with Crippen molar-refractivity contribution in [2.45, 2.75) is 10.2 Å². The lowest BCUT2D eigenvalue weighted by Gasteiger charge is -1.99. The minimum absolute atomic E-state index is 0.392. The first-order valence-corrected chi connectivity index (χ1v) is 5.70. The minimum atomic E-state index is 0.392. The van der Waals surface area contributed by atoms with Gasteiger partial charge in [-0.3, -0.25) is 9.38 Å². The predicted molar refractivity (Wildman–Crippen MR) is 63.6 cm³/mol. The number of nitrogen functional groups attached to an aromatic ring is 1. The summed E-state index contributed by atoms with van der Waals surface area (Å²) in [5, 5.41) is 9.57. The van der Waals surface area contributed by atoms with Crippen molar-refractivity contribution >= 4 is 23.2 Å². The van der Waals surface area contributed by atoms with Crippen molar-refractivity contribution in [1.82, 2.24) is 24.6 Å². The normalized spacial score (nSPS) is 10.8. The molecule has 7 heteroatoms. The lowest BCUT2D eigenvalue weighted by Crippen LogP contribution is -1.93. The number of hydrogen-bond acceptors (Lipinski definition) is 6. The molecule has 3 aromatic rings. The Kier molecular flexibility index (Phi) is 2.37. The predicted octanol–water partition coefficient (Wildman–Crippen LogP) is 1.25. The molecule has 0 fully saturated rings. The van der Waals surface area contributed by atoms with Crippen LogP contribution in [-0.4, -0.2) is 24.6 Å². The first-order valence-electron chi connectivity index (χ1n) is 4.88. The van der Waals surface area contributed by atoms with E-state index in [4.69, 9.17) is 5.73 Å². The molecular formula is C10H8N6S. The second-order valence-corrected chi connectivity index (χ2v) is 4.28. The van der Waals surface area contributed by atoms with Gasteiger partial charge >= 0.3 is 0 Å². The van der Waals surface area contributed by atoms with Gasteiger partial charge in [-0.1, -0.05) is 6.07 Å². The summed E-state index contributed by atoms with van der Waals surface area (Å²) in [6.45, 7) is 0. The molecule has 0 aliphatic carbocycles. The van der Waals surface area contributed by atoms with Crippen molar-refractivity contribution in [2.75, 3.05) is 5.73 Å². The van der Waals surface area contributed by atoms with Gasteiger partial charge in [0.05, 0.1) is 12.4 Å².